The lowest BCUT2D eigenvalue weighted by Crippen LogP contribution is -2.07. The molecule has 0 heterocycles. The molecule has 0 fully saturated rings. The summed E-state index contributed by atoms with van der Waals surface area (Å²) in [7, 11) is 0.992. The number of hydrogen-bond donors (Lipinski definition) is 0. The van der Waals surface area contributed by atoms with E-state index in [0.717, 1.165) is 13.2 Å². The maximum Gasteiger partial charge on any atom is 0.446 e. The fraction of sp³-hybridized carbons (Fsp3) is 0.200. The van der Waals surface area contributed by atoms with Crippen molar-refractivity contribution in [1.29, 1.82) is 5.26 Å². The lowest BCUT2D eigenvalue weighted by Gasteiger charge is -2.08. The monoisotopic (exact) mass is 306 g/mol. The van der Waals surface area contributed by atoms with Gasteiger partial charge in [-0.2, -0.15) is 18.4 Å². The van der Waals surface area contributed by atoms with E-state index in [4.69, 9.17) is 5.26 Å². The number of nitriles is 1. The number of nitro groups is 1. The Morgan fingerprint density at radius 3 is 2.50 bits per heavy atom. The third kappa shape index (κ3) is 3.61. The minimum absolute atomic E-state index is 0.374. The molecule has 20 heavy (non-hydrogen) atoms. The highest BCUT2D eigenvalue weighted by Gasteiger charge is 2.35. The Bertz CT molecular complexity index is 610. The Morgan fingerprint density at radius 2 is 2.10 bits per heavy atom. The molecule has 0 bridgehead atoms. The van der Waals surface area contributed by atoms with Crippen molar-refractivity contribution in [3.05, 3.63) is 33.4 Å². The van der Waals surface area contributed by atoms with E-state index in [1.807, 2.05) is 0 Å². The first-order valence-corrected chi connectivity index (χ1v) is 5.58. The first-order chi connectivity index (χ1) is 9.19. The predicted octanol–water partition coefficient (Wildman–Crippen LogP) is 2.86. The Morgan fingerprint density at radius 1 is 1.50 bits per heavy atom. The molecular weight excluding hydrogens is 301 g/mol. The van der Waals surface area contributed by atoms with Crippen LogP contribution in [0.15, 0.2) is 17.0 Å². The molecule has 0 saturated carbocycles. The summed E-state index contributed by atoms with van der Waals surface area (Å²) >= 11 is -0.773. The number of alkyl halides is 3. The third-order valence-electron chi connectivity index (χ3n) is 2.02. The van der Waals surface area contributed by atoms with Gasteiger partial charge in [0.25, 0.3) is 0 Å². The fourth-order valence-corrected chi connectivity index (χ4v) is 2.04. The zero-order valence-electron chi connectivity index (χ0n) is 9.72. The number of nitrogens with zero attached hydrogens (tertiary/aromatic N) is 2. The number of thioether (sulfide) groups is 1. The molecule has 0 saturated heterocycles. The molecule has 6 nitrogen and oxygen atoms in total. The van der Waals surface area contributed by atoms with E-state index in [-0.39, 0.29) is 5.56 Å². The van der Waals surface area contributed by atoms with Crippen LogP contribution in [0.5, 0.6) is 0 Å². The van der Waals surface area contributed by atoms with Gasteiger partial charge in [-0.05, 0) is 23.9 Å². The number of hydrogen-bond acceptors (Lipinski definition) is 6. The molecule has 0 unspecified atom stereocenters. The molecule has 1 aromatic carbocycles. The molecule has 0 aliphatic heterocycles. The molecule has 10 heteroatoms. The average molecular weight is 306 g/mol. The second-order valence-corrected chi connectivity index (χ2v) is 4.39. The summed E-state index contributed by atoms with van der Waals surface area (Å²) < 4.78 is 41.4. The lowest BCUT2D eigenvalue weighted by molar-refractivity contribution is -0.388. The van der Waals surface area contributed by atoms with E-state index in [1.165, 1.54) is 6.07 Å². The van der Waals surface area contributed by atoms with Gasteiger partial charge in [-0.3, -0.25) is 10.1 Å². The summed E-state index contributed by atoms with van der Waals surface area (Å²) in [4.78, 5) is 20.1. The molecule has 0 aliphatic rings. The van der Waals surface area contributed by atoms with Crippen LogP contribution in [-0.2, 0) is 4.74 Å². The van der Waals surface area contributed by atoms with Crippen LogP contribution in [0.3, 0.4) is 0 Å². The van der Waals surface area contributed by atoms with Crippen molar-refractivity contribution in [2.45, 2.75) is 10.4 Å². The third-order valence-corrected chi connectivity index (χ3v) is 2.79. The smallest absolute Gasteiger partial charge is 0.446 e. The molecular formula is C10H5F3N2O4S. The van der Waals surface area contributed by atoms with E-state index in [2.05, 4.69) is 4.74 Å². The number of benzene rings is 1. The summed E-state index contributed by atoms with van der Waals surface area (Å²) in [6.45, 7) is 0. The van der Waals surface area contributed by atoms with Gasteiger partial charge in [0.05, 0.1) is 22.5 Å². The lowest BCUT2D eigenvalue weighted by atomic mass is 10.1. The van der Waals surface area contributed by atoms with Crippen LogP contribution in [0.25, 0.3) is 0 Å². The Hall–Kier alpha value is -2.28. The van der Waals surface area contributed by atoms with Gasteiger partial charge >= 0.3 is 17.2 Å². The maximum absolute atomic E-state index is 12.4. The van der Waals surface area contributed by atoms with E-state index >= 15 is 0 Å². The van der Waals surface area contributed by atoms with Gasteiger partial charge in [0.15, 0.2) is 0 Å². The summed E-state index contributed by atoms with van der Waals surface area (Å²) in [5, 5.41) is 19.6. The Kier molecular flexibility index (Phi) is 4.57. The second kappa shape index (κ2) is 5.79. The molecule has 1 aromatic rings. The molecule has 0 aromatic heterocycles. The van der Waals surface area contributed by atoms with Gasteiger partial charge in [-0.1, -0.05) is 0 Å². The average Bonchev–Trinajstić information content (AvgIpc) is 2.34. The van der Waals surface area contributed by atoms with E-state index < -0.39 is 44.3 Å². The fourth-order valence-electron chi connectivity index (χ4n) is 1.32. The van der Waals surface area contributed by atoms with E-state index in [0.29, 0.717) is 6.07 Å². The number of esters is 1. The normalized spacial score (nSPS) is 10.8. The van der Waals surface area contributed by atoms with Gasteiger partial charge in [0.1, 0.15) is 11.6 Å². The first kappa shape index (κ1) is 15.8. The van der Waals surface area contributed by atoms with Gasteiger partial charge < -0.3 is 4.74 Å². The first-order valence-electron chi connectivity index (χ1n) is 4.76. The van der Waals surface area contributed by atoms with Crippen molar-refractivity contribution < 1.29 is 27.6 Å². The minimum atomic E-state index is -4.80. The topological polar surface area (TPSA) is 93.2 Å². The molecule has 0 atom stereocenters. The standard InChI is InChI=1S/C10H5F3N2O4S/c1-19-9(16)5-2-6(4-14)8(15(17)18)7(3-5)20-10(11,12)13/h2-3H,1H3. The Labute approximate surface area is 114 Å². The summed E-state index contributed by atoms with van der Waals surface area (Å²) in [5.74, 6) is -1.000. The van der Waals surface area contributed by atoms with Gasteiger partial charge in [0.2, 0.25) is 0 Å². The van der Waals surface area contributed by atoms with Gasteiger partial charge in [-0.15, -0.1) is 0 Å². The predicted molar refractivity (Wildman–Crippen MR) is 61.1 cm³/mol. The molecule has 0 spiro atoms. The quantitative estimate of drug-likeness (QED) is 0.369. The zero-order chi connectivity index (χ0) is 15.5. The highest BCUT2D eigenvalue weighted by Crippen LogP contribution is 2.43. The maximum atomic E-state index is 12.4. The number of halogens is 3. The van der Waals surface area contributed by atoms with Crippen molar-refractivity contribution in [2.24, 2.45) is 0 Å². The largest absolute Gasteiger partial charge is 0.465 e. The number of carbonyl (C=O) groups excluding carboxylic acids is 1. The van der Waals surface area contributed by atoms with Crippen LogP contribution in [-0.4, -0.2) is 23.5 Å². The van der Waals surface area contributed by atoms with Crippen molar-refractivity contribution in [1.82, 2.24) is 0 Å². The van der Waals surface area contributed by atoms with E-state index in [1.54, 1.807) is 0 Å². The second-order valence-electron chi connectivity index (χ2n) is 3.28. The SMILES string of the molecule is COC(=O)c1cc(C#N)c([N+](=O)[O-])c(SC(F)(F)F)c1. The number of ether oxygens (including phenoxy) is 1. The number of carbonyl (C=O) groups is 1. The van der Waals surface area contributed by atoms with Crippen LogP contribution in [0.4, 0.5) is 18.9 Å². The number of rotatable bonds is 3. The summed E-state index contributed by atoms with van der Waals surface area (Å²) in [5.41, 5.74) is -6.82. The highest BCUT2D eigenvalue weighted by atomic mass is 32.2. The molecule has 0 radical (unpaired) electrons. The molecule has 106 valence electrons. The number of methoxy groups -OCH3 is 1. The molecule has 0 N–H and O–H groups in total. The Balaban J connectivity index is 3.55. The number of nitro benzene ring substituents is 1. The van der Waals surface area contributed by atoms with Gasteiger partial charge in [-0.25, -0.2) is 4.79 Å². The zero-order valence-corrected chi connectivity index (χ0v) is 10.5. The summed E-state index contributed by atoms with van der Waals surface area (Å²) in [6.07, 6.45) is 0. The van der Waals surface area contributed by atoms with Crippen molar-refractivity contribution in [3.8, 4) is 6.07 Å². The van der Waals surface area contributed by atoms with Crippen molar-refractivity contribution in [3.63, 3.8) is 0 Å². The van der Waals surface area contributed by atoms with Crippen molar-refractivity contribution in [2.75, 3.05) is 7.11 Å². The van der Waals surface area contributed by atoms with E-state index in [9.17, 15) is 28.1 Å². The van der Waals surface area contributed by atoms with Crippen molar-refractivity contribution >= 4 is 23.4 Å². The van der Waals surface area contributed by atoms with Crippen LogP contribution >= 0.6 is 11.8 Å². The molecule has 1 rings (SSSR count). The highest BCUT2D eigenvalue weighted by molar-refractivity contribution is 8.00. The van der Waals surface area contributed by atoms with Crippen LogP contribution in [0.1, 0.15) is 15.9 Å². The molecule has 0 amide bonds. The minimum Gasteiger partial charge on any atom is -0.465 e. The van der Waals surface area contributed by atoms with Gasteiger partial charge in [0, 0.05) is 0 Å². The van der Waals surface area contributed by atoms with Crippen LogP contribution in [0.2, 0.25) is 0 Å². The molecule has 0 aliphatic carbocycles. The summed E-state index contributed by atoms with van der Waals surface area (Å²) in [6, 6.07) is 2.87. The van der Waals surface area contributed by atoms with Crippen LogP contribution in [0, 0.1) is 21.4 Å². The van der Waals surface area contributed by atoms with Crippen LogP contribution < -0.4 is 0 Å².